The van der Waals surface area contributed by atoms with Crippen LogP contribution in [0.4, 0.5) is 0 Å². The summed E-state index contributed by atoms with van der Waals surface area (Å²) in [4.78, 5) is 0. The normalized spacial score (nSPS) is 31.8. The number of rotatable bonds is 1. The summed E-state index contributed by atoms with van der Waals surface area (Å²) in [6.07, 6.45) is 7.85. The molecule has 1 heteroatoms. The summed E-state index contributed by atoms with van der Waals surface area (Å²) in [6.45, 7) is 2.31. The van der Waals surface area contributed by atoms with Crippen LogP contribution >= 0.6 is 0 Å². The van der Waals surface area contributed by atoms with Crippen molar-refractivity contribution in [3.8, 4) is 0 Å². The lowest BCUT2D eigenvalue weighted by Gasteiger charge is -2.32. The Balaban J connectivity index is 1.93. The van der Waals surface area contributed by atoms with E-state index in [-0.39, 0.29) is 0 Å². The van der Waals surface area contributed by atoms with Crippen molar-refractivity contribution in [2.24, 2.45) is 11.8 Å². The van der Waals surface area contributed by atoms with E-state index in [4.69, 9.17) is 4.74 Å². The largest absolute Gasteiger partial charge is 0.493 e. The van der Waals surface area contributed by atoms with E-state index in [2.05, 4.69) is 49.4 Å². The van der Waals surface area contributed by atoms with Crippen LogP contribution in [0.25, 0.3) is 5.57 Å². The second-order valence-corrected chi connectivity index (χ2v) is 4.66. The van der Waals surface area contributed by atoms with Gasteiger partial charge < -0.3 is 4.74 Å². The predicted octanol–water partition coefficient (Wildman–Crippen LogP) is 3.64. The molecule has 0 fully saturated rings. The molecule has 0 aromatic heterocycles. The van der Waals surface area contributed by atoms with Crippen molar-refractivity contribution < 1.29 is 4.74 Å². The minimum Gasteiger partial charge on any atom is -0.493 e. The van der Waals surface area contributed by atoms with Gasteiger partial charge in [-0.05, 0) is 29.6 Å². The first kappa shape index (κ1) is 9.71. The average molecular weight is 212 g/mol. The fourth-order valence-electron chi connectivity index (χ4n) is 2.73. The van der Waals surface area contributed by atoms with Crippen LogP contribution in [0.1, 0.15) is 18.9 Å². The second-order valence-electron chi connectivity index (χ2n) is 4.66. The zero-order valence-electron chi connectivity index (χ0n) is 9.47. The molecule has 3 atom stereocenters. The number of hydrogen-bond donors (Lipinski definition) is 0. The number of allylic oxidation sites excluding steroid dienone is 2. The Morgan fingerprint density at radius 3 is 2.81 bits per heavy atom. The monoisotopic (exact) mass is 212 g/mol. The van der Waals surface area contributed by atoms with Crippen molar-refractivity contribution in [2.75, 3.05) is 0 Å². The Bertz CT molecular complexity index is 430. The van der Waals surface area contributed by atoms with E-state index >= 15 is 0 Å². The molecule has 0 bridgehead atoms. The smallest absolute Gasteiger partial charge is 0.120 e. The van der Waals surface area contributed by atoms with E-state index < -0.39 is 0 Å². The lowest BCUT2D eigenvalue weighted by atomic mass is 9.80. The maximum absolute atomic E-state index is 5.79. The van der Waals surface area contributed by atoms with Gasteiger partial charge in [-0.25, -0.2) is 0 Å². The Labute approximate surface area is 96.4 Å². The second kappa shape index (κ2) is 3.82. The van der Waals surface area contributed by atoms with Crippen molar-refractivity contribution in [1.29, 1.82) is 0 Å². The number of benzene rings is 1. The van der Waals surface area contributed by atoms with Gasteiger partial charge in [0.1, 0.15) is 6.10 Å². The van der Waals surface area contributed by atoms with Crippen molar-refractivity contribution >= 4 is 5.57 Å². The highest BCUT2D eigenvalue weighted by Gasteiger charge is 2.34. The van der Waals surface area contributed by atoms with Crippen molar-refractivity contribution in [3.63, 3.8) is 0 Å². The molecule has 0 amide bonds. The quantitative estimate of drug-likeness (QED) is 0.646. The van der Waals surface area contributed by atoms with Gasteiger partial charge in [-0.3, -0.25) is 0 Å². The molecule has 2 aliphatic rings. The molecule has 1 aliphatic heterocycles. The fraction of sp³-hybridized carbons (Fsp3) is 0.333. The predicted molar refractivity (Wildman–Crippen MR) is 65.7 cm³/mol. The molecule has 0 saturated carbocycles. The maximum atomic E-state index is 5.79. The summed E-state index contributed by atoms with van der Waals surface area (Å²) in [5, 5.41) is 0. The van der Waals surface area contributed by atoms with Gasteiger partial charge in [-0.1, -0.05) is 43.3 Å². The maximum Gasteiger partial charge on any atom is 0.120 e. The zero-order valence-corrected chi connectivity index (χ0v) is 9.47. The van der Waals surface area contributed by atoms with Crippen LogP contribution in [0.15, 0.2) is 48.7 Å². The number of fused-ring (bicyclic) bond motifs is 1. The molecule has 1 nitrogen and oxygen atoms in total. The third-order valence-electron chi connectivity index (χ3n) is 3.75. The van der Waals surface area contributed by atoms with Crippen molar-refractivity contribution in [3.05, 3.63) is 54.3 Å². The van der Waals surface area contributed by atoms with E-state index in [0.29, 0.717) is 17.9 Å². The molecule has 1 aliphatic carbocycles. The van der Waals surface area contributed by atoms with Gasteiger partial charge in [0, 0.05) is 5.92 Å². The van der Waals surface area contributed by atoms with Crippen LogP contribution in [0, 0.1) is 11.8 Å². The van der Waals surface area contributed by atoms with Crippen LogP contribution in [0.3, 0.4) is 0 Å². The van der Waals surface area contributed by atoms with E-state index in [0.717, 1.165) is 6.42 Å². The van der Waals surface area contributed by atoms with Crippen LogP contribution in [-0.4, -0.2) is 6.10 Å². The third kappa shape index (κ3) is 1.47. The van der Waals surface area contributed by atoms with E-state index in [1.807, 2.05) is 6.26 Å². The molecule has 82 valence electrons. The van der Waals surface area contributed by atoms with Gasteiger partial charge in [-0.15, -0.1) is 0 Å². The Hall–Kier alpha value is -1.50. The minimum absolute atomic E-state index is 0.308. The lowest BCUT2D eigenvalue weighted by molar-refractivity contribution is 0.104. The Kier molecular flexibility index (Phi) is 2.32. The standard InChI is InChI=1S/C15H16O/c1-11-13-8-5-9-15(13)16-10-14(11)12-6-3-2-4-7-12/h2-7,9-11,13,15H,8H2,1H3/t11-,13+,15+/m0/s1. The Morgan fingerprint density at radius 1 is 1.19 bits per heavy atom. The molecule has 0 radical (unpaired) electrons. The van der Waals surface area contributed by atoms with Gasteiger partial charge in [0.25, 0.3) is 0 Å². The van der Waals surface area contributed by atoms with Crippen LogP contribution in [0.2, 0.25) is 0 Å². The summed E-state index contributed by atoms with van der Waals surface area (Å²) >= 11 is 0. The first-order valence-corrected chi connectivity index (χ1v) is 5.94. The van der Waals surface area contributed by atoms with E-state index in [1.165, 1.54) is 11.1 Å². The summed E-state index contributed by atoms with van der Waals surface area (Å²) in [7, 11) is 0. The van der Waals surface area contributed by atoms with Gasteiger partial charge in [0.2, 0.25) is 0 Å². The third-order valence-corrected chi connectivity index (χ3v) is 3.75. The lowest BCUT2D eigenvalue weighted by Crippen LogP contribution is -2.27. The summed E-state index contributed by atoms with van der Waals surface area (Å²) in [5.74, 6) is 1.20. The highest BCUT2D eigenvalue weighted by atomic mass is 16.5. The molecule has 1 heterocycles. The zero-order chi connectivity index (χ0) is 11.0. The summed E-state index contributed by atoms with van der Waals surface area (Å²) in [6, 6.07) is 10.5. The van der Waals surface area contributed by atoms with Crippen LogP contribution < -0.4 is 0 Å². The molecule has 1 aromatic rings. The molecular weight excluding hydrogens is 196 g/mol. The molecule has 0 unspecified atom stereocenters. The van der Waals surface area contributed by atoms with E-state index in [1.54, 1.807) is 0 Å². The molecule has 0 N–H and O–H groups in total. The van der Waals surface area contributed by atoms with Gasteiger partial charge >= 0.3 is 0 Å². The molecule has 0 saturated heterocycles. The molecule has 16 heavy (non-hydrogen) atoms. The van der Waals surface area contributed by atoms with Gasteiger partial charge in [0.05, 0.1) is 6.26 Å². The average Bonchev–Trinajstić information content (AvgIpc) is 2.80. The minimum atomic E-state index is 0.308. The molecular formula is C15H16O. The topological polar surface area (TPSA) is 9.23 Å². The number of hydrogen-bond acceptors (Lipinski definition) is 1. The summed E-state index contributed by atoms with van der Waals surface area (Å²) < 4.78 is 5.79. The SMILES string of the molecule is C[C@@H]1C(c2ccccc2)=CO[C@@H]2C=CC[C@H]12. The van der Waals surface area contributed by atoms with Crippen molar-refractivity contribution in [1.82, 2.24) is 0 Å². The van der Waals surface area contributed by atoms with Gasteiger partial charge in [0.15, 0.2) is 0 Å². The van der Waals surface area contributed by atoms with E-state index in [9.17, 15) is 0 Å². The van der Waals surface area contributed by atoms with Crippen molar-refractivity contribution in [2.45, 2.75) is 19.4 Å². The molecule has 1 aromatic carbocycles. The molecule has 3 rings (SSSR count). The van der Waals surface area contributed by atoms with Crippen LogP contribution in [0.5, 0.6) is 0 Å². The first-order chi connectivity index (χ1) is 7.86. The fourth-order valence-corrected chi connectivity index (χ4v) is 2.73. The highest BCUT2D eigenvalue weighted by molar-refractivity contribution is 5.67. The number of ether oxygens (including phenoxy) is 1. The van der Waals surface area contributed by atoms with Gasteiger partial charge in [-0.2, -0.15) is 0 Å². The first-order valence-electron chi connectivity index (χ1n) is 5.94. The van der Waals surface area contributed by atoms with Crippen LogP contribution in [-0.2, 0) is 4.74 Å². The molecule has 0 spiro atoms. The summed E-state index contributed by atoms with van der Waals surface area (Å²) in [5.41, 5.74) is 2.63. The Morgan fingerprint density at radius 2 is 2.00 bits per heavy atom. The highest BCUT2D eigenvalue weighted by Crippen LogP contribution is 2.40.